The van der Waals surface area contributed by atoms with Crippen LogP contribution in [0.15, 0.2) is 30.3 Å². The maximum Gasteiger partial charge on any atom is 0.316 e. The summed E-state index contributed by atoms with van der Waals surface area (Å²) in [4.78, 5) is 15.2. The molecule has 2 fully saturated rings. The fourth-order valence-corrected chi connectivity index (χ4v) is 4.02. The number of hydrogen-bond donors (Lipinski definition) is 0. The molecule has 108 valence electrons. The summed E-state index contributed by atoms with van der Waals surface area (Å²) in [5.74, 6) is -0.0313. The van der Waals surface area contributed by atoms with E-state index in [0.717, 1.165) is 18.4 Å². The fourth-order valence-electron chi connectivity index (χ4n) is 4.02. The van der Waals surface area contributed by atoms with Crippen LogP contribution >= 0.6 is 0 Å². The van der Waals surface area contributed by atoms with Crippen molar-refractivity contribution in [2.75, 3.05) is 13.7 Å². The molecule has 3 atom stereocenters. The molecule has 0 aliphatic carbocycles. The Morgan fingerprint density at radius 1 is 1.25 bits per heavy atom. The van der Waals surface area contributed by atoms with Gasteiger partial charge in [-0.15, -0.1) is 0 Å². The lowest BCUT2D eigenvalue weighted by Gasteiger charge is -2.43. The van der Waals surface area contributed by atoms with Gasteiger partial charge in [-0.25, -0.2) is 0 Å². The lowest BCUT2D eigenvalue weighted by Crippen LogP contribution is -2.52. The van der Waals surface area contributed by atoms with E-state index in [2.05, 4.69) is 24.1 Å². The summed E-state index contributed by atoms with van der Waals surface area (Å²) >= 11 is 0. The van der Waals surface area contributed by atoms with Gasteiger partial charge in [-0.3, -0.25) is 4.79 Å². The summed E-state index contributed by atoms with van der Waals surface area (Å²) in [6, 6.07) is 11.2. The van der Waals surface area contributed by atoms with E-state index in [0.29, 0.717) is 18.7 Å². The van der Waals surface area contributed by atoms with E-state index in [1.165, 1.54) is 12.8 Å². The van der Waals surface area contributed by atoms with Crippen LogP contribution in [0.25, 0.3) is 0 Å². The smallest absolute Gasteiger partial charge is 0.316 e. The second-order valence-corrected chi connectivity index (χ2v) is 6.13. The highest BCUT2D eigenvalue weighted by Gasteiger charge is 2.52. The van der Waals surface area contributed by atoms with E-state index >= 15 is 0 Å². The third kappa shape index (κ3) is 2.05. The SMILES string of the molecule is CCOC(=O)C1(c2ccccc2)C[C@H]2CC[C@@H](C1)N2C. The van der Waals surface area contributed by atoms with Gasteiger partial charge in [0, 0.05) is 12.1 Å². The van der Waals surface area contributed by atoms with Crippen LogP contribution in [0.4, 0.5) is 0 Å². The molecule has 0 amide bonds. The van der Waals surface area contributed by atoms with E-state index in [-0.39, 0.29) is 5.97 Å². The van der Waals surface area contributed by atoms with Crippen LogP contribution in [0.1, 0.15) is 38.2 Å². The average Bonchev–Trinajstić information content (AvgIpc) is 2.70. The van der Waals surface area contributed by atoms with Gasteiger partial charge in [-0.05, 0) is 45.2 Å². The number of nitrogens with zero attached hydrogens (tertiary/aromatic N) is 1. The maximum absolute atomic E-state index is 12.7. The quantitative estimate of drug-likeness (QED) is 0.793. The molecule has 2 bridgehead atoms. The van der Waals surface area contributed by atoms with Gasteiger partial charge in [0.25, 0.3) is 0 Å². The summed E-state index contributed by atoms with van der Waals surface area (Å²) in [6.07, 6.45) is 4.19. The van der Waals surface area contributed by atoms with Gasteiger partial charge >= 0.3 is 5.97 Å². The Kier molecular flexibility index (Phi) is 3.55. The van der Waals surface area contributed by atoms with Crippen molar-refractivity contribution in [2.45, 2.75) is 50.1 Å². The largest absolute Gasteiger partial charge is 0.465 e. The van der Waals surface area contributed by atoms with Crippen LogP contribution in [-0.2, 0) is 14.9 Å². The first-order chi connectivity index (χ1) is 9.67. The lowest BCUT2D eigenvalue weighted by molar-refractivity contribution is -0.153. The summed E-state index contributed by atoms with van der Waals surface area (Å²) in [6.45, 7) is 2.35. The van der Waals surface area contributed by atoms with E-state index in [1.54, 1.807) is 0 Å². The van der Waals surface area contributed by atoms with Crippen molar-refractivity contribution in [3.63, 3.8) is 0 Å². The number of ether oxygens (including phenoxy) is 1. The second-order valence-electron chi connectivity index (χ2n) is 6.13. The molecule has 2 aliphatic heterocycles. The van der Waals surface area contributed by atoms with Crippen molar-refractivity contribution in [3.05, 3.63) is 35.9 Å². The molecule has 2 heterocycles. The minimum absolute atomic E-state index is 0.0313. The predicted molar refractivity (Wildman–Crippen MR) is 78.6 cm³/mol. The Balaban J connectivity index is 1.99. The summed E-state index contributed by atoms with van der Waals surface area (Å²) in [7, 11) is 2.20. The predicted octanol–water partition coefficient (Wildman–Crippen LogP) is 2.74. The second kappa shape index (κ2) is 5.21. The molecule has 0 aromatic heterocycles. The molecule has 0 N–H and O–H groups in total. The average molecular weight is 273 g/mol. The van der Waals surface area contributed by atoms with Crippen molar-refractivity contribution >= 4 is 5.97 Å². The summed E-state index contributed by atoms with van der Waals surface area (Å²) in [5, 5.41) is 0. The first-order valence-electron chi connectivity index (χ1n) is 7.62. The van der Waals surface area contributed by atoms with E-state index < -0.39 is 5.41 Å². The number of rotatable bonds is 3. The molecule has 3 nitrogen and oxygen atoms in total. The highest BCUT2D eigenvalue weighted by atomic mass is 16.5. The van der Waals surface area contributed by atoms with Gasteiger partial charge in [-0.1, -0.05) is 30.3 Å². The molecule has 2 saturated heterocycles. The van der Waals surface area contributed by atoms with Gasteiger partial charge in [0.2, 0.25) is 0 Å². The van der Waals surface area contributed by atoms with Crippen LogP contribution in [0.3, 0.4) is 0 Å². The van der Waals surface area contributed by atoms with Gasteiger partial charge < -0.3 is 9.64 Å². The Morgan fingerprint density at radius 3 is 2.40 bits per heavy atom. The molecule has 20 heavy (non-hydrogen) atoms. The minimum atomic E-state index is -0.435. The lowest BCUT2D eigenvalue weighted by atomic mass is 9.70. The first kappa shape index (κ1) is 13.6. The molecule has 1 aromatic rings. The number of esters is 1. The molecule has 0 spiro atoms. The van der Waals surface area contributed by atoms with E-state index in [9.17, 15) is 4.79 Å². The molecule has 1 aromatic carbocycles. The van der Waals surface area contributed by atoms with Gasteiger partial charge in [0.1, 0.15) is 0 Å². The third-order valence-corrected chi connectivity index (χ3v) is 5.15. The van der Waals surface area contributed by atoms with Crippen LogP contribution in [0.2, 0.25) is 0 Å². The van der Waals surface area contributed by atoms with Crippen LogP contribution < -0.4 is 0 Å². The van der Waals surface area contributed by atoms with Crippen molar-refractivity contribution < 1.29 is 9.53 Å². The first-order valence-corrected chi connectivity index (χ1v) is 7.62. The van der Waals surface area contributed by atoms with Crippen molar-refractivity contribution in [3.8, 4) is 0 Å². The topological polar surface area (TPSA) is 29.5 Å². The molecule has 0 radical (unpaired) electrons. The Bertz CT molecular complexity index is 471. The molecule has 1 unspecified atom stereocenters. The molecule has 2 aliphatic rings. The van der Waals surface area contributed by atoms with Crippen molar-refractivity contribution in [1.82, 2.24) is 4.90 Å². The number of hydrogen-bond acceptors (Lipinski definition) is 3. The zero-order chi connectivity index (χ0) is 14.2. The van der Waals surface area contributed by atoms with E-state index in [1.807, 2.05) is 25.1 Å². The highest BCUT2D eigenvalue weighted by molar-refractivity contribution is 5.83. The van der Waals surface area contributed by atoms with E-state index in [4.69, 9.17) is 4.74 Å². The fraction of sp³-hybridized carbons (Fsp3) is 0.588. The van der Waals surface area contributed by atoms with Crippen LogP contribution in [0.5, 0.6) is 0 Å². The summed E-state index contributed by atoms with van der Waals surface area (Å²) in [5.41, 5.74) is 0.693. The number of carbonyl (C=O) groups excluding carboxylic acids is 1. The van der Waals surface area contributed by atoms with Crippen molar-refractivity contribution in [2.24, 2.45) is 0 Å². The monoisotopic (exact) mass is 273 g/mol. The minimum Gasteiger partial charge on any atom is -0.465 e. The molecule has 3 heteroatoms. The molecular formula is C17H23NO2. The Hall–Kier alpha value is -1.35. The Morgan fingerprint density at radius 2 is 1.85 bits per heavy atom. The van der Waals surface area contributed by atoms with Gasteiger partial charge in [0.05, 0.1) is 12.0 Å². The standard InChI is InChI=1S/C17H23NO2/c1-3-20-16(19)17(13-7-5-4-6-8-13)11-14-9-10-15(12-17)18(14)2/h4-8,14-15H,3,9-12H2,1-2H3/t14-,15+,17?. The number of piperidine rings is 1. The summed E-state index contributed by atoms with van der Waals surface area (Å²) < 4.78 is 5.44. The van der Waals surface area contributed by atoms with Crippen LogP contribution in [0, 0.1) is 0 Å². The zero-order valence-corrected chi connectivity index (χ0v) is 12.3. The number of fused-ring (bicyclic) bond motifs is 2. The van der Waals surface area contributed by atoms with Crippen molar-refractivity contribution in [1.29, 1.82) is 0 Å². The third-order valence-electron chi connectivity index (χ3n) is 5.15. The van der Waals surface area contributed by atoms with Crippen LogP contribution in [-0.4, -0.2) is 36.6 Å². The molecular weight excluding hydrogens is 250 g/mol. The molecule has 0 saturated carbocycles. The number of benzene rings is 1. The Labute approximate surface area is 120 Å². The number of carbonyl (C=O) groups is 1. The highest BCUT2D eigenvalue weighted by Crippen LogP contribution is 2.47. The van der Waals surface area contributed by atoms with Gasteiger partial charge in [0.15, 0.2) is 0 Å². The van der Waals surface area contributed by atoms with Gasteiger partial charge in [-0.2, -0.15) is 0 Å². The maximum atomic E-state index is 12.7. The normalized spacial score (nSPS) is 33.1. The molecule has 3 rings (SSSR count). The zero-order valence-electron chi connectivity index (χ0n) is 12.3.